The second kappa shape index (κ2) is 6.68. The monoisotopic (exact) mass is 441 g/mol. The van der Waals surface area contributed by atoms with Gasteiger partial charge in [-0.25, -0.2) is 0 Å². The molecule has 2 rings (SSSR count). The molecule has 0 spiro atoms. The van der Waals surface area contributed by atoms with E-state index in [2.05, 4.69) is 61.0 Å². The van der Waals surface area contributed by atoms with E-state index in [9.17, 15) is 0 Å². The molecule has 2 aromatic rings. The van der Waals surface area contributed by atoms with Crippen molar-refractivity contribution in [2.75, 3.05) is 12.5 Å². The second-order valence-electron chi connectivity index (χ2n) is 3.32. The van der Waals surface area contributed by atoms with Gasteiger partial charge in [-0.2, -0.15) is 0 Å². The first-order valence-electron chi connectivity index (χ1n) is 5.18. The third kappa shape index (κ3) is 3.91. The van der Waals surface area contributed by atoms with Crippen molar-refractivity contribution in [1.82, 2.24) is 0 Å². The van der Waals surface area contributed by atoms with Crippen LogP contribution in [0, 0.1) is 0 Å². The van der Waals surface area contributed by atoms with Crippen LogP contribution in [-0.4, -0.2) is 12.5 Å². The van der Waals surface area contributed by atoms with Gasteiger partial charge in [0.15, 0.2) is 0 Å². The van der Waals surface area contributed by atoms with Crippen LogP contribution in [0.1, 0.15) is 0 Å². The summed E-state index contributed by atoms with van der Waals surface area (Å²) >= 11 is 3.56. The molecule has 0 unspecified atom stereocenters. The zero-order valence-corrected chi connectivity index (χ0v) is 13.7. The number of benzene rings is 2. The van der Waals surface area contributed by atoms with Crippen molar-refractivity contribution in [3.05, 3.63) is 48.5 Å². The molecule has 0 amide bonds. The summed E-state index contributed by atoms with van der Waals surface area (Å²) in [6.45, 7) is 0. The molecule has 0 aliphatic heterocycles. The molecule has 17 heavy (non-hydrogen) atoms. The van der Waals surface area contributed by atoms with E-state index in [1.165, 1.54) is 17.7 Å². The van der Waals surface area contributed by atoms with Gasteiger partial charge < -0.3 is 0 Å². The standard InChI is InChI=1S/2C7H7S.Pt/c2*1-8-7-5-3-2-4-6-7;/h2*3-6H,1H3;. The molecule has 0 aliphatic rings. The van der Waals surface area contributed by atoms with Crippen LogP contribution < -0.4 is 7.91 Å². The van der Waals surface area contributed by atoms with Crippen LogP contribution in [0.4, 0.5) is 0 Å². The first-order chi connectivity index (χ1) is 8.31. The van der Waals surface area contributed by atoms with Crippen molar-refractivity contribution in [2.24, 2.45) is 0 Å². The van der Waals surface area contributed by atoms with Gasteiger partial charge in [-0.1, -0.05) is 0 Å². The molecule has 0 bridgehead atoms. The molecule has 0 fully saturated rings. The number of hydrogen-bond donors (Lipinski definition) is 0. The molecular formula is C14H14PtS2. The fourth-order valence-corrected chi connectivity index (χ4v) is 4.42. The van der Waals surface area contributed by atoms with Gasteiger partial charge in [-0.3, -0.25) is 0 Å². The zero-order valence-electron chi connectivity index (χ0n) is 9.75. The number of hydrogen-bond acceptors (Lipinski definition) is 2. The minimum absolute atomic E-state index is 0.0365. The van der Waals surface area contributed by atoms with E-state index < -0.39 is 0 Å². The van der Waals surface area contributed by atoms with E-state index in [0.29, 0.717) is 0 Å². The summed E-state index contributed by atoms with van der Waals surface area (Å²) < 4.78 is 2.97. The maximum atomic E-state index is 2.27. The summed E-state index contributed by atoms with van der Waals surface area (Å²) in [5, 5.41) is 0. The van der Waals surface area contributed by atoms with E-state index in [-0.39, 0.29) is 18.6 Å². The molecule has 0 atom stereocenters. The number of thioether (sulfide) groups is 2. The van der Waals surface area contributed by atoms with Crippen molar-refractivity contribution in [3.8, 4) is 0 Å². The Labute approximate surface area is 120 Å². The van der Waals surface area contributed by atoms with E-state index in [0.717, 1.165) is 0 Å². The topological polar surface area (TPSA) is 0 Å². The Bertz CT molecular complexity index is 417. The minimum atomic E-state index is -0.0365. The molecule has 0 N–H and O–H groups in total. The van der Waals surface area contributed by atoms with Crippen LogP contribution in [0.25, 0.3) is 0 Å². The van der Waals surface area contributed by atoms with Gasteiger partial charge in [0, 0.05) is 0 Å². The first kappa shape index (κ1) is 13.3. The van der Waals surface area contributed by atoms with Crippen LogP contribution >= 0.6 is 23.5 Å². The Hall–Kier alpha value is -0.172. The molecule has 92 valence electrons. The summed E-state index contributed by atoms with van der Waals surface area (Å²) in [6.07, 6.45) is 4.23. The van der Waals surface area contributed by atoms with Gasteiger partial charge in [0.1, 0.15) is 0 Å². The average molecular weight is 441 g/mol. The molecule has 0 saturated heterocycles. The predicted octanol–water partition coefficient (Wildman–Crippen LogP) is 3.16. The molecule has 0 saturated carbocycles. The summed E-state index contributed by atoms with van der Waals surface area (Å²) in [5.41, 5.74) is 0. The van der Waals surface area contributed by atoms with Gasteiger partial charge in [0.25, 0.3) is 0 Å². The van der Waals surface area contributed by atoms with Gasteiger partial charge in [-0.05, 0) is 0 Å². The summed E-state index contributed by atoms with van der Waals surface area (Å²) in [7, 11) is 0. The van der Waals surface area contributed by atoms with Crippen LogP contribution in [0.3, 0.4) is 0 Å². The first-order valence-corrected chi connectivity index (χ1v) is 9.91. The van der Waals surface area contributed by atoms with Crippen molar-refractivity contribution >= 4 is 31.4 Å². The molecule has 0 radical (unpaired) electrons. The summed E-state index contributed by atoms with van der Waals surface area (Å²) in [5.74, 6) is 0. The Morgan fingerprint density at radius 3 is 1.29 bits per heavy atom. The van der Waals surface area contributed by atoms with Gasteiger partial charge in [-0.15, -0.1) is 0 Å². The molecule has 0 heterocycles. The van der Waals surface area contributed by atoms with Crippen molar-refractivity contribution in [1.29, 1.82) is 0 Å². The van der Waals surface area contributed by atoms with Crippen LogP contribution in [0.2, 0.25) is 0 Å². The molecule has 0 nitrogen and oxygen atoms in total. The normalized spacial score (nSPS) is 10.7. The molecule has 2 aromatic carbocycles. The van der Waals surface area contributed by atoms with Gasteiger partial charge in [0.2, 0.25) is 0 Å². The Balaban J connectivity index is 2.08. The second-order valence-corrected chi connectivity index (χ2v) is 8.27. The fraction of sp³-hybridized carbons (Fsp3) is 0.143. The van der Waals surface area contributed by atoms with Crippen LogP contribution in [0.5, 0.6) is 0 Å². The quantitative estimate of drug-likeness (QED) is 0.669. The molecule has 0 aromatic heterocycles. The van der Waals surface area contributed by atoms with E-state index >= 15 is 0 Å². The summed E-state index contributed by atoms with van der Waals surface area (Å²) in [6, 6.07) is 17.9. The SMILES string of the molecule is CSc1cc[c]([Pt][c]2ccc(SC)cc2)cc1. The summed E-state index contributed by atoms with van der Waals surface area (Å²) in [4.78, 5) is 2.69. The Kier molecular flexibility index (Phi) is 5.21. The van der Waals surface area contributed by atoms with Crippen molar-refractivity contribution in [3.63, 3.8) is 0 Å². The maximum absolute atomic E-state index is 2.27. The average Bonchev–Trinajstić information content (AvgIpc) is 2.40. The molecular weight excluding hydrogens is 427 g/mol. The number of rotatable bonds is 4. The van der Waals surface area contributed by atoms with Crippen LogP contribution in [-0.2, 0) is 18.6 Å². The van der Waals surface area contributed by atoms with Crippen molar-refractivity contribution in [2.45, 2.75) is 9.79 Å². The third-order valence-electron chi connectivity index (χ3n) is 2.24. The van der Waals surface area contributed by atoms with Crippen molar-refractivity contribution < 1.29 is 18.6 Å². The van der Waals surface area contributed by atoms with Gasteiger partial charge >= 0.3 is 121 Å². The van der Waals surface area contributed by atoms with Gasteiger partial charge in [0.05, 0.1) is 0 Å². The Morgan fingerprint density at radius 2 is 1.00 bits per heavy atom. The predicted molar refractivity (Wildman–Crippen MR) is 75.7 cm³/mol. The van der Waals surface area contributed by atoms with E-state index in [4.69, 9.17) is 0 Å². The van der Waals surface area contributed by atoms with Crippen LogP contribution in [0.15, 0.2) is 58.3 Å². The molecule has 0 aliphatic carbocycles. The van der Waals surface area contributed by atoms with E-state index in [1.807, 2.05) is 0 Å². The third-order valence-corrected chi connectivity index (χ3v) is 6.55. The van der Waals surface area contributed by atoms with E-state index in [1.54, 1.807) is 23.5 Å². The Morgan fingerprint density at radius 1 is 0.647 bits per heavy atom. The fourth-order valence-electron chi connectivity index (χ4n) is 1.33. The molecule has 3 heteroatoms. The zero-order chi connectivity index (χ0) is 12.1.